The molecular weight excluding hydrogens is 148 g/mol. The molecule has 2 rings (SSSR count). The molecule has 0 saturated heterocycles. The minimum absolute atomic E-state index is 0.00708. The van der Waals surface area contributed by atoms with Crippen LogP contribution in [-0.4, -0.2) is 4.98 Å². The van der Waals surface area contributed by atoms with E-state index in [1.165, 1.54) is 5.56 Å². The topological polar surface area (TPSA) is 38.9 Å². The highest BCUT2D eigenvalue weighted by atomic mass is 14.8. The average Bonchev–Trinajstić information content (AvgIpc) is 2.85. The number of hydrogen-bond acceptors (Lipinski definition) is 2. The molecule has 12 heavy (non-hydrogen) atoms. The molecule has 0 unspecified atom stereocenters. The minimum atomic E-state index is -0.00708. The molecule has 1 saturated carbocycles. The van der Waals surface area contributed by atoms with Crippen molar-refractivity contribution in [2.24, 2.45) is 5.73 Å². The fourth-order valence-corrected chi connectivity index (χ4v) is 1.40. The van der Waals surface area contributed by atoms with Crippen molar-refractivity contribution in [3.8, 4) is 0 Å². The summed E-state index contributed by atoms with van der Waals surface area (Å²) in [5.41, 5.74) is 8.46. The zero-order valence-corrected chi connectivity index (χ0v) is 7.38. The van der Waals surface area contributed by atoms with Crippen LogP contribution in [0.15, 0.2) is 18.3 Å². The van der Waals surface area contributed by atoms with E-state index in [-0.39, 0.29) is 5.54 Å². The van der Waals surface area contributed by atoms with Crippen LogP contribution >= 0.6 is 0 Å². The van der Waals surface area contributed by atoms with Gasteiger partial charge in [-0.2, -0.15) is 0 Å². The number of rotatable bonds is 2. The first-order valence-electron chi connectivity index (χ1n) is 4.49. The van der Waals surface area contributed by atoms with Crippen molar-refractivity contribution in [2.45, 2.75) is 31.7 Å². The average molecular weight is 162 g/mol. The molecule has 1 aromatic rings. The molecule has 0 radical (unpaired) electrons. The molecule has 0 aromatic carbocycles. The van der Waals surface area contributed by atoms with E-state index in [9.17, 15) is 0 Å². The van der Waals surface area contributed by atoms with Crippen LogP contribution in [0.3, 0.4) is 0 Å². The van der Waals surface area contributed by atoms with Gasteiger partial charge in [-0.1, -0.05) is 6.92 Å². The predicted octanol–water partition coefficient (Wildman–Crippen LogP) is 1.59. The molecule has 0 bridgehead atoms. The third-order valence-corrected chi connectivity index (χ3v) is 2.54. The molecule has 64 valence electrons. The number of nitrogens with zero attached hydrogens (tertiary/aromatic N) is 1. The highest BCUT2D eigenvalue weighted by Crippen LogP contribution is 2.42. The summed E-state index contributed by atoms with van der Waals surface area (Å²) in [6.07, 6.45) is 5.10. The highest BCUT2D eigenvalue weighted by Gasteiger charge is 2.39. The number of nitrogens with two attached hydrogens (primary N) is 1. The fraction of sp³-hybridized carbons (Fsp3) is 0.500. The van der Waals surface area contributed by atoms with Crippen molar-refractivity contribution in [1.82, 2.24) is 4.98 Å². The van der Waals surface area contributed by atoms with Gasteiger partial charge in [-0.15, -0.1) is 0 Å². The largest absolute Gasteiger partial charge is 0.321 e. The Kier molecular flexibility index (Phi) is 1.65. The van der Waals surface area contributed by atoms with E-state index in [4.69, 9.17) is 5.73 Å². The van der Waals surface area contributed by atoms with Crippen LogP contribution in [0.5, 0.6) is 0 Å². The molecule has 1 aliphatic rings. The van der Waals surface area contributed by atoms with Crippen molar-refractivity contribution in [3.63, 3.8) is 0 Å². The molecule has 0 atom stereocenters. The van der Waals surface area contributed by atoms with Gasteiger partial charge in [-0.05, 0) is 37.0 Å². The Morgan fingerprint density at radius 2 is 2.33 bits per heavy atom. The number of pyridine rings is 1. The van der Waals surface area contributed by atoms with E-state index in [0.29, 0.717) is 0 Å². The molecule has 0 spiro atoms. The lowest BCUT2D eigenvalue weighted by Crippen LogP contribution is -2.18. The second-order valence-corrected chi connectivity index (χ2v) is 3.55. The SMILES string of the molecule is CCc1cc(C2(N)CC2)ccn1. The summed E-state index contributed by atoms with van der Waals surface area (Å²) in [5, 5.41) is 0. The summed E-state index contributed by atoms with van der Waals surface area (Å²) in [7, 11) is 0. The summed E-state index contributed by atoms with van der Waals surface area (Å²) >= 11 is 0. The Morgan fingerprint density at radius 3 is 2.92 bits per heavy atom. The van der Waals surface area contributed by atoms with Crippen LogP contribution in [0, 0.1) is 0 Å². The van der Waals surface area contributed by atoms with Crippen molar-refractivity contribution in [2.75, 3.05) is 0 Å². The summed E-state index contributed by atoms with van der Waals surface area (Å²) in [5.74, 6) is 0. The second kappa shape index (κ2) is 2.56. The number of aromatic nitrogens is 1. The third kappa shape index (κ3) is 1.23. The summed E-state index contributed by atoms with van der Waals surface area (Å²) in [6.45, 7) is 2.11. The summed E-state index contributed by atoms with van der Waals surface area (Å²) < 4.78 is 0. The van der Waals surface area contributed by atoms with E-state index < -0.39 is 0 Å². The van der Waals surface area contributed by atoms with Gasteiger partial charge in [0.2, 0.25) is 0 Å². The van der Waals surface area contributed by atoms with Crippen LogP contribution in [0.4, 0.5) is 0 Å². The monoisotopic (exact) mass is 162 g/mol. The van der Waals surface area contributed by atoms with Crippen LogP contribution in [0.25, 0.3) is 0 Å². The van der Waals surface area contributed by atoms with E-state index in [2.05, 4.69) is 18.0 Å². The van der Waals surface area contributed by atoms with Crippen LogP contribution in [-0.2, 0) is 12.0 Å². The molecule has 1 aromatic heterocycles. The van der Waals surface area contributed by atoms with Crippen molar-refractivity contribution in [1.29, 1.82) is 0 Å². The standard InChI is InChI=1S/C10H14N2/c1-2-9-7-8(3-6-12-9)10(11)4-5-10/h3,6-7H,2,4-5,11H2,1H3. The molecule has 1 fully saturated rings. The van der Waals surface area contributed by atoms with Gasteiger partial charge >= 0.3 is 0 Å². The molecule has 1 aliphatic carbocycles. The van der Waals surface area contributed by atoms with Gasteiger partial charge in [0, 0.05) is 17.4 Å². The molecule has 0 aliphatic heterocycles. The maximum atomic E-state index is 6.06. The summed E-state index contributed by atoms with van der Waals surface area (Å²) in [6, 6.07) is 4.17. The van der Waals surface area contributed by atoms with Gasteiger partial charge in [-0.3, -0.25) is 4.98 Å². The predicted molar refractivity (Wildman–Crippen MR) is 48.7 cm³/mol. The van der Waals surface area contributed by atoms with Crippen molar-refractivity contribution in [3.05, 3.63) is 29.6 Å². The fourth-order valence-electron chi connectivity index (χ4n) is 1.40. The minimum Gasteiger partial charge on any atom is -0.321 e. The van der Waals surface area contributed by atoms with Crippen LogP contribution < -0.4 is 5.73 Å². The molecule has 1 heterocycles. The third-order valence-electron chi connectivity index (χ3n) is 2.54. The van der Waals surface area contributed by atoms with Gasteiger partial charge in [0.15, 0.2) is 0 Å². The van der Waals surface area contributed by atoms with Crippen LogP contribution in [0.2, 0.25) is 0 Å². The smallest absolute Gasteiger partial charge is 0.0412 e. The molecule has 2 heteroatoms. The first-order valence-corrected chi connectivity index (χ1v) is 4.49. The lowest BCUT2D eigenvalue weighted by atomic mass is 10.1. The maximum absolute atomic E-state index is 6.06. The molecule has 2 N–H and O–H groups in total. The van der Waals surface area contributed by atoms with E-state index in [1.54, 1.807) is 0 Å². The maximum Gasteiger partial charge on any atom is 0.0412 e. The Balaban J connectivity index is 2.32. The van der Waals surface area contributed by atoms with E-state index >= 15 is 0 Å². The Morgan fingerprint density at radius 1 is 1.58 bits per heavy atom. The van der Waals surface area contributed by atoms with E-state index in [0.717, 1.165) is 25.0 Å². The number of aryl methyl sites for hydroxylation is 1. The lowest BCUT2D eigenvalue weighted by Gasteiger charge is -2.09. The molecule has 0 amide bonds. The quantitative estimate of drug-likeness (QED) is 0.717. The zero-order chi connectivity index (χ0) is 8.60. The lowest BCUT2D eigenvalue weighted by molar-refractivity contribution is 0.734. The van der Waals surface area contributed by atoms with Gasteiger partial charge in [-0.25, -0.2) is 0 Å². The van der Waals surface area contributed by atoms with Crippen molar-refractivity contribution < 1.29 is 0 Å². The highest BCUT2D eigenvalue weighted by molar-refractivity contribution is 5.29. The summed E-state index contributed by atoms with van der Waals surface area (Å²) in [4.78, 5) is 4.24. The Labute approximate surface area is 72.8 Å². The molecule has 2 nitrogen and oxygen atoms in total. The van der Waals surface area contributed by atoms with Crippen molar-refractivity contribution >= 4 is 0 Å². The Hall–Kier alpha value is -0.890. The first kappa shape index (κ1) is 7.74. The van der Waals surface area contributed by atoms with E-state index in [1.807, 2.05) is 12.3 Å². The van der Waals surface area contributed by atoms with Gasteiger partial charge in [0.25, 0.3) is 0 Å². The zero-order valence-electron chi connectivity index (χ0n) is 7.38. The van der Waals surface area contributed by atoms with Crippen LogP contribution in [0.1, 0.15) is 31.0 Å². The van der Waals surface area contributed by atoms with Gasteiger partial charge in [0.05, 0.1) is 0 Å². The van der Waals surface area contributed by atoms with Gasteiger partial charge < -0.3 is 5.73 Å². The normalized spacial score (nSPS) is 19.2. The first-order chi connectivity index (χ1) is 5.74. The second-order valence-electron chi connectivity index (χ2n) is 3.55. The molecular formula is C10H14N2. The Bertz CT molecular complexity index is 290. The van der Waals surface area contributed by atoms with Gasteiger partial charge in [0.1, 0.15) is 0 Å². The number of hydrogen-bond donors (Lipinski definition) is 1.